The number of hydrogen-bond donors (Lipinski definition) is 1. The highest BCUT2D eigenvalue weighted by atomic mass is 16.6. The number of pyridine rings is 1. The molecule has 7 nitrogen and oxygen atoms in total. The number of carbonyl (C=O) groups is 1. The van der Waals surface area contributed by atoms with Crippen molar-refractivity contribution in [1.29, 1.82) is 0 Å². The number of ether oxygens (including phenoxy) is 1. The van der Waals surface area contributed by atoms with Crippen LogP contribution in [-0.4, -0.2) is 28.0 Å². The highest BCUT2D eigenvalue weighted by molar-refractivity contribution is 5.81. The molecule has 0 bridgehead atoms. The molecule has 1 aliphatic rings. The molecule has 0 radical (unpaired) electrons. The fourth-order valence-electron chi connectivity index (χ4n) is 2.56. The Hall–Kier alpha value is -2.18. The summed E-state index contributed by atoms with van der Waals surface area (Å²) in [5.41, 5.74) is 0.526. The van der Waals surface area contributed by atoms with Crippen molar-refractivity contribution in [2.24, 2.45) is 0 Å². The third-order valence-electron chi connectivity index (χ3n) is 3.78. The Morgan fingerprint density at radius 2 is 2.09 bits per heavy atom. The van der Waals surface area contributed by atoms with Crippen LogP contribution in [0.25, 0.3) is 0 Å². The van der Waals surface area contributed by atoms with Crippen LogP contribution >= 0.6 is 0 Å². The van der Waals surface area contributed by atoms with Gasteiger partial charge in [-0.25, -0.2) is 0 Å². The molecule has 2 rings (SSSR count). The highest BCUT2D eigenvalue weighted by Crippen LogP contribution is 2.25. The van der Waals surface area contributed by atoms with Crippen LogP contribution in [0.5, 0.6) is 5.75 Å². The van der Waals surface area contributed by atoms with Crippen molar-refractivity contribution in [2.75, 3.05) is 0 Å². The van der Waals surface area contributed by atoms with Gasteiger partial charge in [-0.15, -0.1) is 0 Å². The smallest absolute Gasteiger partial charge is 0.406 e. The van der Waals surface area contributed by atoms with Gasteiger partial charge in [0.05, 0.1) is 0 Å². The lowest BCUT2D eigenvalue weighted by molar-refractivity contribution is -0.390. The normalized spacial score (nSPS) is 16.8. The van der Waals surface area contributed by atoms with E-state index in [-0.39, 0.29) is 23.5 Å². The summed E-state index contributed by atoms with van der Waals surface area (Å²) in [4.78, 5) is 26.4. The molecule has 1 aromatic heterocycles. The van der Waals surface area contributed by atoms with Crippen molar-refractivity contribution in [2.45, 2.75) is 58.1 Å². The molecule has 1 unspecified atom stereocenters. The SMILES string of the molecule is Cc1ccc(OC(C)C(=O)NC2CCCCC2)c([N+](=O)[O-])n1. The predicted molar refractivity (Wildman–Crippen MR) is 80.7 cm³/mol. The molecule has 22 heavy (non-hydrogen) atoms. The van der Waals surface area contributed by atoms with Crippen LogP contribution in [0.3, 0.4) is 0 Å². The first-order chi connectivity index (χ1) is 10.5. The number of hydrogen-bond acceptors (Lipinski definition) is 5. The Morgan fingerprint density at radius 3 is 2.73 bits per heavy atom. The third kappa shape index (κ3) is 4.16. The van der Waals surface area contributed by atoms with Crippen LogP contribution < -0.4 is 10.1 Å². The number of nitrogens with one attached hydrogen (secondary N) is 1. The topological polar surface area (TPSA) is 94.4 Å². The van der Waals surface area contributed by atoms with Crippen molar-refractivity contribution < 1.29 is 14.5 Å². The minimum absolute atomic E-state index is 0.0156. The Labute approximate surface area is 129 Å². The van der Waals surface area contributed by atoms with E-state index in [2.05, 4.69) is 10.3 Å². The lowest BCUT2D eigenvalue weighted by atomic mass is 9.95. The van der Waals surface area contributed by atoms with E-state index in [4.69, 9.17) is 4.74 Å². The summed E-state index contributed by atoms with van der Waals surface area (Å²) in [6.07, 6.45) is 4.60. The number of amides is 1. The monoisotopic (exact) mass is 307 g/mol. The number of aryl methyl sites for hydroxylation is 1. The van der Waals surface area contributed by atoms with E-state index in [1.54, 1.807) is 19.9 Å². The molecular formula is C15H21N3O4. The molecule has 7 heteroatoms. The number of nitrogens with zero attached hydrogens (tertiary/aromatic N) is 2. The standard InChI is InChI=1S/C15H21N3O4/c1-10-8-9-13(14(16-10)18(20)21)22-11(2)15(19)17-12-6-4-3-5-7-12/h8-9,11-12H,3-7H2,1-2H3,(H,17,19). The Morgan fingerprint density at radius 1 is 1.41 bits per heavy atom. The van der Waals surface area contributed by atoms with E-state index < -0.39 is 11.0 Å². The summed E-state index contributed by atoms with van der Waals surface area (Å²) in [6.45, 7) is 3.25. The van der Waals surface area contributed by atoms with Crippen LogP contribution in [0, 0.1) is 17.0 Å². The molecule has 120 valence electrons. The molecule has 1 aromatic rings. The molecule has 0 saturated heterocycles. The van der Waals surface area contributed by atoms with Crippen LogP contribution in [-0.2, 0) is 4.79 Å². The first-order valence-corrected chi connectivity index (χ1v) is 7.56. The number of carbonyl (C=O) groups excluding carboxylic acids is 1. The van der Waals surface area contributed by atoms with E-state index in [0.717, 1.165) is 25.7 Å². The molecule has 0 spiro atoms. The van der Waals surface area contributed by atoms with Gasteiger partial charge in [0.15, 0.2) is 6.10 Å². The van der Waals surface area contributed by atoms with Gasteiger partial charge in [0, 0.05) is 13.0 Å². The van der Waals surface area contributed by atoms with Gasteiger partial charge in [-0.1, -0.05) is 19.3 Å². The molecule has 1 fully saturated rings. The van der Waals surface area contributed by atoms with Gasteiger partial charge < -0.3 is 20.2 Å². The van der Waals surface area contributed by atoms with Gasteiger partial charge >= 0.3 is 5.82 Å². The second-order valence-corrected chi connectivity index (χ2v) is 5.64. The zero-order valence-electron chi connectivity index (χ0n) is 12.9. The van der Waals surface area contributed by atoms with Crippen LogP contribution in [0.4, 0.5) is 5.82 Å². The van der Waals surface area contributed by atoms with Gasteiger partial charge in [0.2, 0.25) is 5.75 Å². The van der Waals surface area contributed by atoms with E-state index >= 15 is 0 Å². The number of aromatic nitrogens is 1. The fourth-order valence-corrected chi connectivity index (χ4v) is 2.56. The molecule has 1 aliphatic carbocycles. The molecule has 0 aliphatic heterocycles. The number of rotatable bonds is 5. The van der Waals surface area contributed by atoms with Crippen molar-refractivity contribution >= 4 is 11.7 Å². The van der Waals surface area contributed by atoms with Gasteiger partial charge in [0.1, 0.15) is 5.69 Å². The minimum Gasteiger partial charge on any atom is -0.473 e. The third-order valence-corrected chi connectivity index (χ3v) is 3.78. The van der Waals surface area contributed by atoms with Gasteiger partial charge in [-0.05, 0) is 41.8 Å². The van der Waals surface area contributed by atoms with E-state index in [0.29, 0.717) is 5.69 Å². The second kappa shape index (κ2) is 7.20. The Balaban J connectivity index is 2.00. The largest absolute Gasteiger partial charge is 0.473 e. The molecular weight excluding hydrogens is 286 g/mol. The van der Waals surface area contributed by atoms with E-state index in [9.17, 15) is 14.9 Å². The van der Waals surface area contributed by atoms with E-state index in [1.165, 1.54) is 12.5 Å². The van der Waals surface area contributed by atoms with Crippen molar-refractivity contribution in [3.8, 4) is 5.75 Å². The van der Waals surface area contributed by atoms with Gasteiger partial charge in [0.25, 0.3) is 5.91 Å². The maximum atomic E-state index is 12.1. The summed E-state index contributed by atoms with van der Waals surface area (Å²) >= 11 is 0. The zero-order valence-corrected chi connectivity index (χ0v) is 12.9. The summed E-state index contributed by atoms with van der Waals surface area (Å²) < 4.78 is 5.45. The molecule has 1 heterocycles. The molecule has 1 saturated carbocycles. The maximum Gasteiger partial charge on any atom is 0.406 e. The maximum absolute atomic E-state index is 12.1. The Bertz CT molecular complexity index is 556. The van der Waals surface area contributed by atoms with Crippen molar-refractivity contribution in [1.82, 2.24) is 10.3 Å². The minimum atomic E-state index is -0.801. The van der Waals surface area contributed by atoms with Gasteiger partial charge in [-0.2, -0.15) is 0 Å². The van der Waals surface area contributed by atoms with E-state index in [1.807, 2.05) is 0 Å². The zero-order chi connectivity index (χ0) is 16.1. The quantitative estimate of drug-likeness (QED) is 0.666. The fraction of sp³-hybridized carbons (Fsp3) is 0.600. The van der Waals surface area contributed by atoms with Crippen molar-refractivity contribution in [3.63, 3.8) is 0 Å². The van der Waals surface area contributed by atoms with Crippen LogP contribution in [0.15, 0.2) is 12.1 Å². The molecule has 0 aromatic carbocycles. The van der Waals surface area contributed by atoms with Crippen LogP contribution in [0.1, 0.15) is 44.7 Å². The second-order valence-electron chi connectivity index (χ2n) is 5.64. The average molecular weight is 307 g/mol. The molecule has 1 atom stereocenters. The molecule has 1 amide bonds. The van der Waals surface area contributed by atoms with Crippen LogP contribution in [0.2, 0.25) is 0 Å². The number of nitro groups is 1. The summed E-state index contributed by atoms with van der Waals surface area (Å²) in [7, 11) is 0. The predicted octanol–water partition coefficient (Wildman–Crippen LogP) is 2.51. The lowest BCUT2D eigenvalue weighted by Gasteiger charge is -2.24. The highest BCUT2D eigenvalue weighted by Gasteiger charge is 2.24. The Kier molecular flexibility index (Phi) is 5.30. The summed E-state index contributed by atoms with van der Waals surface area (Å²) in [5, 5.41) is 13.9. The average Bonchev–Trinajstić information content (AvgIpc) is 2.49. The first-order valence-electron chi connectivity index (χ1n) is 7.56. The van der Waals surface area contributed by atoms with Gasteiger partial charge in [-0.3, -0.25) is 4.79 Å². The molecule has 1 N–H and O–H groups in total. The first kappa shape index (κ1) is 16.2. The van der Waals surface area contributed by atoms with Crippen molar-refractivity contribution in [3.05, 3.63) is 27.9 Å². The summed E-state index contributed by atoms with van der Waals surface area (Å²) in [6, 6.07) is 3.28. The lowest BCUT2D eigenvalue weighted by Crippen LogP contribution is -2.43. The summed E-state index contributed by atoms with van der Waals surface area (Å²) in [5.74, 6) is -0.596.